The van der Waals surface area contributed by atoms with Crippen LogP contribution in [-0.4, -0.2) is 19.0 Å². The SMILES string of the molecule is CCC(C)[CH]N(C)C. The van der Waals surface area contributed by atoms with Crippen LogP contribution in [0.5, 0.6) is 0 Å². The monoisotopic (exact) mass is 114 g/mol. The van der Waals surface area contributed by atoms with Crippen molar-refractivity contribution in [3.8, 4) is 0 Å². The molecule has 0 aromatic rings. The van der Waals surface area contributed by atoms with Crippen LogP contribution in [0.1, 0.15) is 20.3 Å². The Balaban J connectivity index is 3.10. The molecule has 0 fully saturated rings. The minimum Gasteiger partial charge on any atom is -0.305 e. The average Bonchev–Trinajstić information content (AvgIpc) is 1.65. The van der Waals surface area contributed by atoms with E-state index in [0.29, 0.717) is 0 Å². The van der Waals surface area contributed by atoms with Crippen LogP contribution in [0, 0.1) is 12.5 Å². The zero-order valence-electron chi connectivity index (χ0n) is 6.31. The Morgan fingerprint density at radius 2 is 2.00 bits per heavy atom. The van der Waals surface area contributed by atoms with E-state index in [1.54, 1.807) is 0 Å². The lowest BCUT2D eigenvalue weighted by Crippen LogP contribution is -2.12. The molecule has 0 aliphatic heterocycles. The normalized spacial score (nSPS) is 14.6. The van der Waals surface area contributed by atoms with Gasteiger partial charge in [-0.15, -0.1) is 0 Å². The summed E-state index contributed by atoms with van der Waals surface area (Å²) in [5, 5.41) is 0. The maximum Gasteiger partial charge on any atom is 0.0273 e. The summed E-state index contributed by atoms with van der Waals surface area (Å²) in [5.74, 6) is 0.727. The summed E-state index contributed by atoms with van der Waals surface area (Å²) in [6, 6.07) is 0. The van der Waals surface area contributed by atoms with Crippen LogP contribution in [0.25, 0.3) is 0 Å². The van der Waals surface area contributed by atoms with Crippen molar-refractivity contribution < 1.29 is 0 Å². The van der Waals surface area contributed by atoms with Crippen LogP contribution in [0.4, 0.5) is 0 Å². The highest BCUT2D eigenvalue weighted by Gasteiger charge is 1.98. The Labute approximate surface area is 52.7 Å². The zero-order valence-corrected chi connectivity index (χ0v) is 6.31. The van der Waals surface area contributed by atoms with Gasteiger partial charge in [0.25, 0.3) is 0 Å². The Kier molecular flexibility index (Phi) is 3.88. The molecule has 0 aromatic carbocycles. The van der Waals surface area contributed by atoms with Crippen LogP contribution in [0.15, 0.2) is 0 Å². The van der Waals surface area contributed by atoms with E-state index in [4.69, 9.17) is 0 Å². The standard InChI is InChI=1S/C7H16N/c1-5-7(2)6-8(3)4/h6-7H,5H2,1-4H3. The molecule has 0 saturated carbocycles. The van der Waals surface area contributed by atoms with Gasteiger partial charge in [-0.05, 0) is 20.0 Å². The lowest BCUT2D eigenvalue weighted by Gasteiger charge is -2.13. The topological polar surface area (TPSA) is 3.24 Å². The molecule has 0 aliphatic rings. The predicted molar refractivity (Wildman–Crippen MR) is 37.4 cm³/mol. The van der Waals surface area contributed by atoms with E-state index in [2.05, 4.69) is 39.4 Å². The van der Waals surface area contributed by atoms with Gasteiger partial charge in [-0.25, -0.2) is 0 Å². The molecule has 0 aliphatic carbocycles. The van der Waals surface area contributed by atoms with Crippen molar-refractivity contribution >= 4 is 0 Å². The molecule has 1 unspecified atom stereocenters. The lowest BCUT2D eigenvalue weighted by molar-refractivity contribution is 0.413. The third-order valence-electron chi connectivity index (χ3n) is 1.20. The van der Waals surface area contributed by atoms with E-state index in [1.807, 2.05) is 0 Å². The van der Waals surface area contributed by atoms with Gasteiger partial charge in [-0.3, -0.25) is 0 Å². The Morgan fingerprint density at radius 1 is 1.50 bits per heavy atom. The molecule has 0 saturated heterocycles. The van der Waals surface area contributed by atoms with E-state index in [9.17, 15) is 0 Å². The summed E-state index contributed by atoms with van der Waals surface area (Å²) < 4.78 is 0. The molecule has 0 heterocycles. The van der Waals surface area contributed by atoms with E-state index >= 15 is 0 Å². The molecule has 0 amide bonds. The van der Waals surface area contributed by atoms with Gasteiger partial charge in [0, 0.05) is 6.54 Å². The highest BCUT2D eigenvalue weighted by Crippen LogP contribution is 2.04. The molecule has 1 atom stereocenters. The van der Waals surface area contributed by atoms with Crippen LogP contribution in [-0.2, 0) is 0 Å². The molecule has 0 aromatic heterocycles. The molecule has 49 valence electrons. The number of rotatable bonds is 3. The first-order valence-corrected chi connectivity index (χ1v) is 3.18. The van der Waals surface area contributed by atoms with Gasteiger partial charge in [0.1, 0.15) is 0 Å². The van der Waals surface area contributed by atoms with Crippen molar-refractivity contribution in [1.82, 2.24) is 4.90 Å². The molecule has 0 spiro atoms. The number of hydrogen-bond donors (Lipinski definition) is 0. The zero-order chi connectivity index (χ0) is 6.57. The maximum atomic E-state index is 2.22. The van der Waals surface area contributed by atoms with E-state index in [-0.39, 0.29) is 0 Å². The second-order valence-corrected chi connectivity index (χ2v) is 2.50. The van der Waals surface area contributed by atoms with Crippen LogP contribution in [0.2, 0.25) is 0 Å². The first-order chi connectivity index (χ1) is 3.66. The molecule has 0 N–H and O–H groups in total. The first-order valence-electron chi connectivity index (χ1n) is 3.18. The summed E-state index contributed by atoms with van der Waals surface area (Å²) in [7, 11) is 4.12. The molecule has 1 radical (unpaired) electrons. The quantitative estimate of drug-likeness (QED) is 0.540. The summed E-state index contributed by atoms with van der Waals surface area (Å²) in [4.78, 5) is 2.11. The highest BCUT2D eigenvalue weighted by molar-refractivity contribution is 4.66. The Bertz CT molecular complexity index is 50.3. The van der Waals surface area contributed by atoms with Gasteiger partial charge < -0.3 is 4.90 Å². The van der Waals surface area contributed by atoms with Gasteiger partial charge in [0.05, 0.1) is 0 Å². The van der Waals surface area contributed by atoms with Gasteiger partial charge in [0.15, 0.2) is 0 Å². The smallest absolute Gasteiger partial charge is 0.0273 e. The molecule has 1 heteroatoms. The fraction of sp³-hybridized carbons (Fsp3) is 0.857. The summed E-state index contributed by atoms with van der Waals surface area (Å²) in [6.45, 7) is 6.64. The Morgan fingerprint density at radius 3 is 2.12 bits per heavy atom. The Hall–Kier alpha value is -0.0400. The van der Waals surface area contributed by atoms with E-state index in [1.165, 1.54) is 6.42 Å². The molecule has 0 bridgehead atoms. The number of hydrogen-bond acceptors (Lipinski definition) is 1. The molecular weight excluding hydrogens is 98.1 g/mol. The summed E-state index contributed by atoms with van der Waals surface area (Å²) >= 11 is 0. The number of nitrogens with zero attached hydrogens (tertiary/aromatic N) is 1. The van der Waals surface area contributed by atoms with Crippen LogP contribution in [0.3, 0.4) is 0 Å². The maximum absolute atomic E-state index is 2.22. The predicted octanol–water partition coefficient (Wildman–Crippen LogP) is 1.76. The van der Waals surface area contributed by atoms with Crippen molar-refractivity contribution in [3.63, 3.8) is 0 Å². The van der Waals surface area contributed by atoms with Gasteiger partial charge in [-0.1, -0.05) is 20.3 Å². The minimum absolute atomic E-state index is 0.727. The summed E-state index contributed by atoms with van der Waals surface area (Å²) in [6.07, 6.45) is 1.23. The first kappa shape index (κ1) is 7.96. The van der Waals surface area contributed by atoms with Gasteiger partial charge >= 0.3 is 0 Å². The molecule has 1 nitrogen and oxygen atoms in total. The van der Waals surface area contributed by atoms with Gasteiger partial charge in [0.2, 0.25) is 0 Å². The van der Waals surface area contributed by atoms with E-state index < -0.39 is 0 Å². The van der Waals surface area contributed by atoms with E-state index in [0.717, 1.165) is 5.92 Å². The highest BCUT2D eigenvalue weighted by atomic mass is 15.0. The van der Waals surface area contributed by atoms with Crippen LogP contribution < -0.4 is 0 Å². The largest absolute Gasteiger partial charge is 0.305 e. The molecular formula is C7H16N. The lowest BCUT2D eigenvalue weighted by atomic mass is 10.1. The van der Waals surface area contributed by atoms with Gasteiger partial charge in [-0.2, -0.15) is 0 Å². The van der Waals surface area contributed by atoms with Crippen molar-refractivity contribution in [2.75, 3.05) is 14.1 Å². The van der Waals surface area contributed by atoms with Crippen LogP contribution >= 0.6 is 0 Å². The second kappa shape index (κ2) is 3.90. The third kappa shape index (κ3) is 4.13. The third-order valence-corrected chi connectivity index (χ3v) is 1.20. The van der Waals surface area contributed by atoms with Crippen molar-refractivity contribution in [2.24, 2.45) is 5.92 Å². The average molecular weight is 114 g/mol. The van der Waals surface area contributed by atoms with Crippen molar-refractivity contribution in [1.29, 1.82) is 0 Å². The fourth-order valence-corrected chi connectivity index (χ4v) is 0.614. The van der Waals surface area contributed by atoms with Crippen molar-refractivity contribution in [2.45, 2.75) is 20.3 Å². The summed E-state index contributed by atoms with van der Waals surface area (Å²) in [5.41, 5.74) is 0. The molecule has 8 heavy (non-hydrogen) atoms. The minimum atomic E-state index is 0.727. The molecule has 0 rings (SSSR count). The fourth-order valence-electron chi connectivity index (χ4n) is 0.614. The second-order valence-electron chi connectivity index (χ2n) is 2.50. The van der Waals surface area contributed by atoms with Crippen molar-refractivity contribution in [3.05, 3.63) is 6.54 Å².